The van der Waals surface area contributed by atoms with Crippen LogP contribution in [-0.4, -0.2) is 39.8 Å². The van der Waals surface area contributed by atoms with Gasteiger partial charge in [0.05, 0.1) is 11.5 Å². The van der Waals surface area contributed by atoms with Crippen LogP contribution in [0.1, 0.15) is 41.5 Å². The van der Waals surface area contributed by atoms with E-state index in [1.807, 2.05) is 24.5 Å². The van der Waals surface area contributed by atoms with Gasteiger partial charge in [-0.25, -0.2) is 0 Å². The fourth-order valence-electron chi connectivity index (χ4n) is 3.67. The zero-order chi connectivity index (χ0) is 18.8. The molecule has 1 aromatic carbocycles. The molecule has 138 valence electrons. The van der Waals surface area contributed by atoms with Crippen LogP contribution in [0.3, 0.4) is 0 Å². The maximum atomic E-state index is 12.8. The molecule has 2 heterocycles. The first kappa shape index (κ1) is 18.3. The largest absolute Gasteiger partial charge is 0.318 e. The number of nitro groups is 1. The molecule has 0 saturated carbocycles. The number of hydrogen-bond donors (Lipinski definition) is 0. The van der Waals surface area contributed by atoms with Crippen LogP contribution in [0.2, 0.25) is 0 Å². The summed E-state index contributed by atoms with van der Waals surface area (Å²) in [5.74, 6) is 0.884. The lowest BCUT2D eigenvalue weighted by molar-refractivity contribution is -0.384. The van der Waals surface area contributed by atoms with Crippen molar-refractivity contribution in [2.24, 2.45) is 5.92 Å². The number of likely N-dealkylation sites (tertiary alicyclic amines) is 1. The molecule has 0 atom stereocenters. The summed E-state index contributed by atoms with van der Waals surface area (Å²) in [4.78, 5) is 25.5. The van der Waals surface area contributed by atoms with Gasteiger partial charge in [0.2, 0.25) is 0 Å². The van der Waals surface area contributed by atoms with Crippen molar-refractivity contribution in [3.8, 4) is 5.69 Å². The molecule has 6 heteroatoms. The Hall–Kier alpha value is -2.47. The fourth-order valence-corrected chi connectivity index (χ4v) is 3.67. The number of aryl methyl sites for hydroxylation is 1. The highest BCUT2D eigenvalue weighted by Crippen LogP contribution is 2.24. The number of aromatic nitrogens is 1. The van der Waals surface area contributed by atoms with Gasteiger partial charge in [0.15, 0.2) is 5.78 Å². The molecule has 0 unspecified atom stereocenters. The van der Waals surface area contributed by atoms with Gasteiger partial charge < -0.3 is 4.57 Å². The molecule has 26 heavy (non-hydrogen) atoms. The van der Waals surface area contributed by atoms with Gasteiger partial charge in [-0.2, -0.15) is 0 Å². The Bertz CT molecular complexity index is 816. The van der Waals surface area contributed by atoms with Crippen LogP contribution in [0.25, 0.3) is 5.69 Å². The summed E-state index contributed by atoms with van der Waals surface area (Å²) in [6.07, 6.45) is 2.30. The lowest BCUT2D eigenvalue weighted by Crippen LogP contribution is -2.36. The first-order valence-corrected chi connectivity index (χ1v) is 9.06. The van der Waals surface area contributed by atoms with Crippen molar-refractivity contribution in [1.82, 2.24) is 9.47 Å². The summed E-state index contributed by atoms with van der Waals surface area (Å²) in [5, 5.41) is 10.8. The van der Waals surface area contributed by atoms with E-state index >= 15 is 0 Å². The maximum absolute atomic E-state index is 12.8. The Morgan fingerprint density at radius 1 is 1.19 bits per heavy atom. The number of non-ortho nitro benzene ring substituents is 1. The Morgan fingerprint density at radius 2 is 1.81 bits per heavy atom. The average Bonchev–Trinajstić information content (AvgIpc) is 2.91. The minimum atomic E-state index is -0.409. The third kappa shape index (κ3) is 3.70. The van der Waals surface area contributed by atoms with Gasteiger partial charge in [-0.3, -0.25) is 19.8 Å². The number of carbonyl (C=O) groups is 1. The second-order valence-electron chi connectivity index (χ2n) is 7.28. The Balaban J connectivity index is 1.81. The lowest BCUT2D eigenvalue weighted by atomic mass is 9.99. The number of benzene rings is 1. The van der Waals surface area contributed by atoms with Gasteiger partial charge in [-0.1, -0.05) is 6.92 Å². The van der Waals surface area contributed by atoms with Crippen LogP contribution in [0, 0.1) is 29.9 Å². The molecule has 0 spiro atoms. The number of nitrogens with zero attached hydrogens (tertiary/aromatic N) is 3. The van der Waals surface area contributed by atoms with E-state index in [0.717, 1.165) is 54.5 Å². The number of Topliss-reactive ketones (excluding diaryl/α,β-unsaturated/α-hetero) is 1. The Kier molecular flexibility index (Phi) is 5.23. The predicted molar refractivity (Wildman–Crippen MR) is 101 cm³/mol. The van der Waals surface area contributed by atoms with Crippen LogP contribution < -0.4 is 0 Å². The molecule has 1 aliphatic rings. The highest BCUT2D eigenvalue weighted by Gasteiger charge is 2.22. The summed E-state index contributed by atoms with van der Waals surface area (Å²) in [5.41, 5.74) is 3.46. The van der Waals surface area contributed by atoms with E-state index in [4.69, 9.17) is 0 Å². The first-order chi connectivity index (χ1) is 12.4. The summed E-state index contributed by atoms with van der Waals surface area (Å²) >= 11 is 0. The predicted octanol–water partition coefficient (Wildman–Crippen LogP) is 3.92. The number of rotatable bonds is 5. The Morgan fingerprint density at radius 3 is 2.38 bits per heavy atom. The normalized spacial score (nSPS) is 16.0. The van der Waals surface area contributed by atoms with E-state index in [9.17, 15) is 14.9 Å². The standard InChI is InChI=1S/C20H25N3O3/c1-14-8-10-21(11-9-14)13-20(24)19-12-15(2)22(16(19)3)17-4-6-18(7-5-17)23(25)26/h4-7,12,14H,8-11,13H2,1-3H3. The van der Waals surface area contributed by atoms with E-state index in [1.165, 1.54) is 12.1 Å². The topological polar surface area (TPSA) is 68.4 Å². The molecule has 3 rings (SSSR count). The monoisotopic (exact) mass is 355 g/mol. The maximum Gasteiger partial charge on any atom is 0.269 e. The molecule has 0 bridgehead atoms. The summed E-state index contributed by atoms with van der Waals surface area (Å²) < 4.78 is 1.98. The molecule has 0 amide bonds. The van der Waals surface area contributed by atoms with Crippen LogP contribution in [-0.2, 0) is 0 Å². The van der Waals surface area contributed by atoms with Gasteiger partial charge in [0.25, 0.3) is 5.69 Å². The quantitative estimate of drug-likeness (QED) is 0.463. The minimum Gasteiger partial charge on any atom is -0.318 e. The smallest absolute Gasteiger partial charge is 0.269 e. The number of nitro benzene ring substituents is 1. The fraction of sp³-hybridized carbons (Fsp3) is 0.450. The van der Waals surface area contributed by atoms with Gasteiger partial charge >= 0.3 is 0 Å². The molecule has 0 radical (unpaired) electrons. The minimum absolute atomic E-state index is 0.0619. The van der Waals surface area contributed by atoms with E-state index in [2.05, 4.69) is 11.8 Å². The molecule has 1 aromatic heterocycles. The van der Waals surface area contributed by atoms with E-state index in [0.29, 0.717) is 6.54 Å². The molecule has 0 N–H and O–H groups in total. The SMILES string of the molecule is Cc1cc(C(=O)CN2CCC(C)CC2)c(C)n1-c1ccc([N+](=O)[O-])cc1. The second kappa shape index (κ2) is 7.41. The van der Waals surface area contributed by atoms with Gasteiger partial charge in [-0.15, -0.1) is 0 Å². The highest BCUT2D eigenvalue weighted by molar-refractivity contribution is 5.99. The summed E-state index contributed by atoms with van der Waals surface area (Å²) in [6.45, 7) is 8.56. The number of ketones is 1. The second-order valence-corrected chi connectivity index (χ2v) is 7.28. The van der Waals surface area contributed by atoms with E-state index in [1.54, 1.807) is 12.1 Å². The van der Waals surface area contributed by atoms with E-state index in [-0.39, 0.29) is 11.5 Å². The zero-order valence-corrected chi connectivity index (χ0v) is 15.6. The number of carbonyl (C=O) groups excluding carboxylic acids is 1. The van der Waals surface area contributed by atoms with Crippen molar-refractivity contribution >= 4 is 11.5 Å². The molecule has 1 aliphatic heterocycles. The summed E-state index contributed by atoms with van der Waals surface area (Å²) in [7, 11) is 0. The molecule has 1 fully saturated rings. The van der Waals surface area contributed by atoms with Crippen molar-refractivity contribution in [2.45, 2.75) is 33.6 Å². The van der Waals surface area contributed by atoms with Gasteiger partial charge in [0, 0.05) is 34.8 Å². The molecular weight excluding hydrogens is 330 g/mol. The van der Waals surface area contributed by atoms with Crippen molar-refractivity contribution in [3.05, 3.63) is 57.4 Å². The van der Waals surface area contributed by atoms with Crippen molar-refractivity contribution in [1.29, 1.82) is 0 Å². The van der Waals surface area contributed by atoms with Crippen molar-refractivity contribution < 1.29 is 9.72 Å². The molecule has 6 nitrogen and oxygen atoms in total. The number of hydrogen-bond acceptors (Lipinski definition) is 4. The third-order valence-corrected chi connectivity index (χ3v) is 5.29. The first-order valence-electron chi connectivity index (χ1n) is 9.06. The Labute approximate surface area is 153 Å². The molecule has 0 aliphatic carbocycles. The van der Waals surface area contributed by atoms with Crippen LogP contribution in [0.4, 0.5) is 5.69 Å². The molecular formula is C20H25N3O3. The van der Waals surface area contributed by atoms with Gasteiger partial charge in [-0.05, 0) is 63.9 Å². The van der Waals surface area contributed by atoms with E-state index < -0.39 is 4.92 Å². The zero-order valence-electron chi connectivity index (χ0n) is 15.6. The summed E-state index contributed by atoms with van der Waals surface area (Å²) in [6, 6.07) is 8.34. The third-order valence-electron chi connectivity index (χ3n) is 5.29. The van der Waals surface area contributed by atoms with Crippen molar-refractivity contribution in [2.75, 3.05) is 19.6 Å². The molecule has 2 aromatic rings. The van der Waals surface area contributed by atoms with Gasteiger partial charge in [0.1, 0.15) is 0 Å². The average molecular weight is 355 g/mol. The van der Waals surface area contributed by atoms with Crippen molar-refractivity contribution in [3.63, 3.8) is 0 Å². The molecule has 1 saturated heterocycles. The van der Waals surface area contributed by atoms with Crippen LogP contribution in [0.15, 0.2) is 30.3 Å². The van der Waals surface area contributed by atoms with Crippen LogP contribution >= 0.6 is 0 Å². The highest BCUT2D eigenvalue weighted by atomic mass is 16.6. The van der Waals surface area contributed by atoms with Crippen LogP contribution in [0.5, 0.6) is 0 Å². The lowest BCUT2D eigenvalue weighted by Gasteiger charge is -2.29. The number of piperidine rings is 1.